The molecule has 0 saturated carbocycles. The average Bonchev–Trinajstić information content (AvgIpc) is 1.84. The second-order valence-corrected chi connectivity index (χ2v) is 3.00. The van der Waals surface area contributed by atoms with Crippen molar-refractivity contribution < 1.29 is 4.74 Å². The van der Waals surface area contributed by atoms with E-state index in [1.165, 1.54) is 0 Å². The Labute approximate surface area is 69.7 Å². The molecule has 0 aromatic rings. The summed E-state index contributed by atoms with van der Waals surface area (Å²) in [6.07, 6.45) is 0. The Morgan fingerprint density at radius 1 is 1.56 bits per heavy atom. The predicted octanol–water partition coefficient (Wildman–Crippen LogP) is 1.94. The number of hydrogen-bond acceptors (Lipinski definition) is 2. The van der Waals surface area contributed by atoms with E-state index in [1.54, 1.807) is 7.11 Å². The van der Waals surface area contributed by atoms with Gasteiger partial charge >= 0.3 is 0 Å². The van der Waals surface area contributed by atoms with Crippen molar-refractivity contribution in [3.63, 3.8) is 0 Å². The smallest absolute Gasteiger partial charge is 0.135 e. The second kappa shape index (κ2) is 3.76. The van der Waals surface area contributed by atoms with E-state index in [2.05, 4.69) is 36.0 Å². The summed E-state index contributed by atoms with van der Waals surface area (Å²) in [6, 6.07) is 0. The molecule has 0 aromatic carbocycles. The highest BCUT2D eigenvalue weighted by atomic mass is 127. The van der Waals surface area contributed by atoms with Gasteiger partial charge in [0.15, 0.2) is 0 Å². The van der Waals surface area contributed by atoms with Crippen molar-refractivity contribution in [3.8, 4) is 0 Å². The predicted molar refractivity (Wildman–Crippen MR) is 47.1 cm³/mol. The third-order valence-electron chi connectivity index (χ3n) is 0.940. The molecule has 3 heteroatoms. The first-order chi connectivity index (χ1) is 4.09. The van der Waals surface area contributed by atoms with Gasteiger partial charge in [0, 0.05) is 7.05 Å². The van der Waals surface area contributed by atoms with Crippen molar-refractivity contribution in [2.75, 3.05) is 14.2 Å². The minimum absolute atomic E-state index is 0.604. The summed E-state index contributed by atoms with van der Waals surface area (Å²) >= 11 is 2.10. The topological polar surface area (TPSA) is 12.5 Å². The summed E-state index contributed by atoms with van der Waals surface area (Å²) in [7, 11) is 3.46. The fourth-order valence-electron chi connectivity index (χ4n) is 0.290. The Bertz CT molecular complexity index is 131. The molecule has 0 bridgehead atoms. The van der Waals surface area contributed by atoms with Crippen LogP contribution in [0.25, 0.3) is 0 Å². The SMILES string of the molecule is C=C(OC)C(=C)N(C)I. The maximum absolute atomic E-state index is 4.83. The van der Waals surface area contributed by atoms with Crippen LogP contribution in [-0.4, -0.2) is 17.3 Å². The van der Waals surface area contributed by atoms with Gasteiger partial charge in [-0.3, -0.25) is 0 Å². The van der Waals surface area contributed by atoms with Gasteiger partial charge in [-0.2, -0.15) is 0 Å². The molecule has 0 aliphatic rings. The Kier molecular flexibility index (Phi) is 3.68. The standard InChI is InChI=1S/C6H10INO/c1-5(8(3)7)6(2)9-4/h1-2H2,3-4H3. The molecule has 0 radical (unpaired) electrons. The molecule has 0 fully saturated rings. The van der Waals surface area contributed by atoms with Crippen LogP contribution in [0.3, 0.4) is 0 Å². The van der Waals surface area contributed by atoms with Gasteiger partial charge in [0.25, 0.3) is 0 Å². The van der Waals surface area contributed by atoms with Gasteiger partial charge in [-0.1, -0.05) is 13.2 Å². The quantitative estimate of drug-likeness (QED) is 0.323. The number of ether oxygens (including phenoxy) is 1. The molecular weight excluding hydrogens is 229 g/mol. The van der Waals surface area contributed by atoms with Crippen LogP contribution in [0.1, 0.15) is 0 Å². The van der Waals surface area contributed by atoms with Gasteiger partial charge in [0.05, 0.1) is 35.7 Å². The molecule has 0 spiro atoms. The van der Waals surface area contributed by atoms with Crippen molar-refractivity contribution in [3.05, 3.63) is 24.6 Å². The largest absolute Gasteiger partial charge is 0.495 e. The number of halogens is 1. The van der Waals surface area contributed by atoms with Crippen LogP contribution in [0.5, 0.6) is 0 Å². The number of nitrogens with zero attached hydrogens (tertiary/aromatic N) is 1. The lowest BCUT2D eigenvalue weighted by atomic mass is 10.4. The highest BCUT2D eigenvalue weighted by Crippen LogP contribution is 2.12. The Morgan fingerprint density at radius 3 is 2.11 bits per heavy atom. The summed E-state index contributed by atoms with van der Waals surface area (Å²) in [4.78, 5) is 0. The third-order valence-corrected chi connectivity index (χ3v) is 1.52. The summed E-state index contributed by atoms with van der Waals surface area (Å²) < 4.78 is 6.66. The number of likely N-dealkylation sites (N-methyl/N-ethyl adjacent to an activating group) is 1. The van der Waals surface area contributed by atoms with Crippen molar-refractivity contribution >= 4 is 22.9 Å². The molecule has 9 heavy (non-hydrogen) atoms. The summed E-state index contributed by atoms with van der Waals surface area (Å²) in [5.41, 5.74) is 0.790. The first-order valence-corrected chi connectivity index (χ1v) is 3.37. The van der Waals surface area contributed by atoms with Crippen LogP contribution in [0.4, 0.5) is 0 Å². The second-order valence-electron chi connectivity index (χ2n) is 1.55. The van der Waals surface area contributed by atoms with E-state index < -0.39 is 0 Å². The Balaban J connectivity index is 3.89. The molecule has 0 rings (SSSR count). The lowest BCUT2D eigenvalue weighted by Crippen LogP contribution is -2.04. The van der Waals surface area contributed by atoms with Gasteiger partial charge in [-0.15, -0.1) is 0 Å². The van der Waals surface area contributed by atoms with Crippen molar-refractivity contribution in [1.29, 1.82) is 0 Å². The van der Waals surface area contributed by atoms with E-state index in [0.29, 0.717) is 5.76 Å². The lowest BCUT2D eigenvalue weighted by Gasteiger charge is -2.13. The third kappa shape index (κ3) is 2.74. The van der Waals surface area contributed by atoms with Crippen LogP contribution in [0, 0.1) is 0 Å². The van der Waals surface area contributed by atoms with Crippen molar-refractivity contribution in [2.45, 2.75) is 0 Å². The monoisotopic (exact) mass is 239 g/mol. The van der Waals surface area contributed by atoms with E-state index in [-0.39, 0.29) is 0 Å². The zero-order valence-electron chi connectivity index (χ0n) is 5.65. The molecule has 0 amide bonds. The molecule has 0 aliphatic heterocycles. The number of rotatable bonds is 3. The molecule has 0 unspecified atom stereocenters. The van der Waals surface area contributed by atoms with E-state index in [4.69, 9.17) is 4.74 Å². The zero-order chi connectivity index (χ0) is 7.44. The normalized spacial score (nSPS) is 8.33. The zero-order valence-corrected chi connectivity index (χ0v) is 7.81. The highest BCUT2D eigenvalue weighted by Gasteiger charge is 2.00. The van der Waals surface area contributed by atoms with Crippen LogP contribution >= 0.6 is 22.9 Å². The molecule has 0 aliphatic carbocycles. The van der Waals surface area contributed by atoms with Crippen LogP contribution in [0.2, 0.25) is 0 Å². The number of hydrogen-bond donors (Lipinski definition) is 0. The Hall–Kier alpha value is -0.190. The minimum Gasteiger partial charge on any atom is -0.495 e. The molecule has 52 valence electrons. The van der Waals surface area contributed by atoms with E-state index in [9.17, 15) is 0 Å². The average molecular weight is 239 g/mol. The minimum atomic E-state index is 0.604. The molecule has 2 nitrogen and oxygen atoms in total. The molecule has 0 heterocycles. The first-order valence-electron chi connectivity index (χ1n) is 2.41. The van der Waals surface area contributed by atoms with E-state index in [1.807, 2.05) is 10.2 Å². The molecule has 0 saturated heterocycles. The van der Waals surface area contributed by atoms with Crippen molar-refractivity contribution in [2.24, 2.45) is 0 Å². The van der Waals surface area contributed by atoms with Gasteiger partial charge in [0.2, 0.25) is 0 Å². The molecule has 0 N–H and O–H groups in total. The molecule has 0 aromatic heterocycles. The molecular formula is C6H10INO. The molecule has 0 atom stereocenters. The maximum Gasteiger partial charge on any atom is 0.135 e. The van der Waals surface area contributed by atoms with Crippen LogP contribution in [-0.2, 0) is 4.74 Å². The summed E-state index contributed by atoms with van der Waals surface area (Å²) in [6.45, 7) is 7.34. The van der Waals surface area contributed by atoms with Gasteiger partial charge < -0.3 is 7.85 Å². The summed E-state index contributed by atoms with van der Waals surface area (Å²) in [5, 5.41) is 0. The van der Waals surface area contributed by atoms with E-state index in [0.717, 1.165) is 5.70 Å². The van der Waals surface area contributed by atoms with E-state index >= 15 is 0 Å². The summed E-state index contributed by atoms with van der Waals surface area (Å²) in [5.74, 6) is 0.604. The fraction of sp³-hybridized carbons (Fsp3) is 0.333. The number of methoxy groups -OCH3 is 1. The van der Waals surface area contributed by atoms with Crippen LogP contribution < -0.4 is 0 Å². The fourth-order valence-corrected chi connectivity index (χ4v) is 0.559. The van der Waals surface area contributed by atoms with Crippen LogP contribution in [0.15, 0.2) is 24.6 Å². The van der Waals surface area contributed by atoms with Gasteiger partial charge in [-0.25, -0.2) is 0 Å². The lowest BCUT2D eigenvalue weighted by molar-refractivity contribution is 0.294. The van der Waals surface area contributed by atoms with Gasteiger partial charge in [-0.05, 0) is 0 Å². The highest BCUT2D eigenvalue weighted by molar-refractivity contribution is 14.1. The van der Waals surface area contributed by atoms with Crippen molar-refractivity contribution in [1.82, 2.24) is 3.11 Å². The van der Waals surface area contributed by atoms with Gasteiger partial charge in [0.1, 0.15) is 5.76 Å². The first kappa shape index (κ1) is 8.81. The maximum atomic E-state index is 4.83. The Morgan fingerprint density at radius 2 is 2.00 bits per heavy atom.